The van der Waals surface area contributed by atoms with Gasteiger partial charge in [0.15, 0.2) is 11.5 Å². The molecule has 1 aliphatic heterocycles. The van der Waals surface area contributed by atoms with Gasteiger partial charge in [0.05, 0.1) is 7.11 Å². The van der Waals surface area contributed by atoms with Gasteiger partial charge >= 0.3 is 6.36 Å². The Morgan fingerprint density at radius 2 is 1.62 bits per heavy atom. The third kappa shape index (κ3) is 3.91. The van der Waals surface area contributed by atoms with Crippen molar-refractivity contribution in [3.8, 4) is 28.4 Å². The van der Waals surface area contributed by atoms with Crippen LogP contribution in [-0.4, -0.2) is 32.7 Å². The highest BCUT2D eigenvalue weighted by molar-refractivity contribution is 5.67. The number of rotatable bonds is 5. The SMILES string of the molecule is COc1ccc(-c2ccc(OC3CNC3)c(OC(F)(F)F)c2)cc1. The lowest BCUT2D eigenvalue weighted by Gasteiger charge is -2.28. The fourth-order valence-corrected chi connectivity index (χ4v) is 2.30. The Morgan fingerprint density at radius 3 is 2.17 bits per heavy atom. The van der Waals surface area contributed by atoms with Crippen molar-refractivity contribution < 1.29 is 27.4 Å². The first kappa shape index (κ1) is 16.4. The zero-order valence-electron chi connectivity index (χ0n) is 12.9. The van der Waals surface area contributed by atoms with Crippen molar-refractivity contribution in [3.63, 3.8) is 0 Å². The van der Waals surface area contributed by atoms with Gasteiger partial charge in [0.2, 0.25) is 0 Å². The number of ether oxygens (including phenoxy) is 3. The second kappa shape index (κ2) is 6.60. The first-order chi connectivity index (χ1) is 11.4. The van der Waals surface area contributed by atoms with Gasteiger partial charge in [-0.15, -0.1) is 13.2 Å². The van der Waals surface area contributed by atoms with E-state index in [1.165, 1.54) is 12.1 Å². The van der Waals surface area contributed by atoms with E-state index in [9.17, 15) is 13.2 Å². The summed E-state index contributed by atoms with van der Waals surface area (Å²) in [6.07, 6.45) is -4.93. The van der Waals surface area contributed by atoms with Gasteiger partial charge in [-0.05, 0) is 35.4 Å². The van der Waals surface area contributed by atoms with Gasteiger partial charge in [-0.1, -0.05) is 18.2 Å². The minimum Gasteiger partial charge on any atom is -0.497 e. The molecule has 1 heterocycles. The summed E-state index contributed by atoms with van der Waals surface area (Å²) in [5, 5.41) is 3.00. The Morgan fingerprint density at radius 1 is 0.958 bits per heavy atom. The number of nitrogens with one attached hydrogen (secondary N) is 1. The van der Waals surface area contributed by atoms with E-state index in [1.54, 1.807) is 37.4 Å². The molecule has 0 aromatic heterocycles. The minimum absolute atomic E-state index is 0.0797. The van der Waals surface area contributed by atoms with Crippen molar-refractivity contribution in [3.05, 3.63) is 42.5 Å². The van der Waals surface area contributed by atoms with Crippen LogP contribution in [0.3, 0.4) is 0 Å². The molecule has 1 N–H and O–H groups in total. The molecule has 0 radical (unpaired) electrons. The zero-order chi connectivity index (χ0) is 17.2. The second-order valence-corrected chi connectivity index (χ2v) is 5.34. The Hall–Kier alpha value is -2.41. The molecular formula is C17H16F3NO3. The van der Waals surface area contributed by atoms with Gasteiger partial charge in [0.1, 0.15) is 11.9 Å². The summed E-state index contributed by atoms with van der Waals surface area (Å²) in [5.41, 5.74) is 1.34. The fourth-order valence-electron chi connectivity index (χ4n) is 2.30. The fraction of sp³-hybridized carbons (Fsp3) is 0.294. The number of hydrogen-bond acceptors (Lipinski definition) is 4. The van der Waals surface area contributed by atoms with Crippen LogP contribution in [0.2, 0.25) is 0 Å². The van der Waals surface area contributed by atoms with Crippen LogP contribution in [0.5, 0.6) is 17.2 Å². The molecule has 1 saturated heterocycles. The van der Waals surface area contributed by atoms with Crippen LogP contribution in [0, 0.1) is 0 Å². The van der Waals surface area contributed by atoms with Gasteiger partial charge in [-0.3, -0.25) is 0 Å². The topological polar surface area (TPSA) is 39.7 Å². The molecule has 0 spiro atoms. The summed E-state index contributed by atoms with van der Waals surface area (Å²) in [6, 6.07) is 11.5. The molecule has 7 heteroatoms. The lowest BCUT2D eigenvalue weighted by molar-refractivity contribution is -0.275. The van der Waals surface area contributed by atoms with Crippen LogP contribution in [0.15, 0.2) is 42.5 Å². The molecule has 0 bridgehead atoms. The van der Waals surface area contributed by atoms with Crippen molar-refractivity contribution in [2.24, 2.45) is 0 Å². The van der Waals surface area contributed by atoms with Crippen LogP contribution < -0.4 is 19.5 Å². The number of benzene rings is 2. The van der Waals surface area contributed by atoms with E-state index in [-0.39, 0.29) is 17.6 Å². The van der Waals surface area contributed by atoms with Gasteiger partial charge in [-0.25, -0.2) is 0 Å². The Bertz CT molecular complexity index is 697. The quantitative estimate of drug-likeness (QED) is 0.903. The maximum Gasteiger partial charge on any atom is 0.573 e. The molecule has 0 aliphatic carbocycles. The minimum atomic E-state index is -4.78. The summed E-state index contributed by atoms with van der Waals surface area (Å²) >= 11 is 0. The Kier molecular flexibility index (Phi) is 4.53. The summed E-state index contributed by atoms with van der Waals surface area (Å²) in [6.45, 7) is 1.21. The second-order valence-electron chi connectivity index (χ2n) is 5.34. The maximum absolute atomic E-state index is 12.7. The van der Waals surface area contributed by atoms with E-state index in [0.29, 0.717) is 24.4 Å². The molecule has 2 aromatic rings. The molecule has 128 valence electrons. The zero-order valence-corrected chi connectivity index (χ0v) is 12.9. The van der Waals surface area contributed by atoms with Crippen molar-refractivity contribution in [2.45, 2.75) is 12.5 Å². The van der Waals surface area contributed by atoms with Crippen molar-refractivity contribution >= 4 is 0 Å². The van der Waals surface area contributed by atoms with E-state index >= 15 is 0 Å². The first-order valence-electron chi connectivity index (χ1n) is 7.36. The van der Waals surface area contributed by atoms with E-state index in [4.69, 9.17) is 9.47 Å². The van der Waals surface area contributed by atoms with Crippen molar-refractivity contribution in [1.82, 2.24) is 5.32 Å². The van der Waals surface area contributed by atoms with Gasteiger partial charge in [-0.2, -0.15) is 0 Å². The molecular weight excluding hydrogens is 323 g/mol. The summed E-state index contributed by atoms with van der Waals surface area (Å²) in [7, 11) is 1.55. The van der Waals surface area contributed by atoms with Crippen LogP contribution >= 0.6 is 0 Å². The van der Waals surface area contributed by atoms with E-state index in [1.807, 2.05) is 0 Å². The van der Waals surface area contributed by atoms with Gasteiger partial charge in [0.25, 0.3) is 0 Å². The number of methoxy groups -OCH3 is 1. The molecule has 1 aliphatic rings. The van der Waals surface area contributed by atoms with Crippen molar-refractivity contribution in [2.75, 3.05) is 20.2 Å². The normalized spacial score (nSPS) is 14.8. The monoisotopic (exact) mass is 339 g/mol. The molecule has 4 nitrogen and oxygen atoms in total. The maximum atomic E-state index is 12.7. The molecule has 1 fully saturated rings. The Balaban J connectivity index is 1.90. The molecule has 0 amide bonds. The molecule has 2 aromatic carbocycles. The standard InChI is InChI=1S/C17H16F3NO3/c1-22-13-5-2-11(3-6-13)12-4-7-15(23-14-9-21-10-14)16(8-12)24-17(18,19)20/h2-8,14,21H,9-10H2,1H3. The molecule has 24 heavy (non-hydrogen) atoms. The average molecular weight is 339 g/mol. The highest BCUT2D eigenvalue weighted by atomic mass is 19.4. The molecule has 3 rings (SSSR count). The Labute approximate surface area is 137 Å². The van der Waals surface area contributed by atoms with Crippen LogP contribution in [0.4, 0.5) is 13.2 Å². The van der Waals surface area contributed by atoms with Crippen LogP contribution in [0.25, 0.3) is 11.1 Å². The highest BCUT2D eigenvalue weighted by Crippen LogP contribution is 2.37. The lowest BCUT2D eigenvalue weighted by atomic mass is 10.0. The van der Waals surface area contributed by atoms with Crippen LogP contribution in [-0.2, 0) is 0 Å². The van der Waals surface area contributed by atoms with E-state index in [0.717, 1.165) is 5.56 Å². The van der Waals surface area contributed by atoms with Crippen LogP contribution in [0.1, 0.15) is 0 Å². The average Bonchev–Trinajstić information content (AvgIpc) is 2.50. The highest BCUT2D eigenvalue weighted by Gasteiger charge is 2.33. The number of alkyl halides is 3. The van der Waals surface area contributed by atoms with Gasteiger partial charge < -0.3 is 19.5 Å². The predicted molar refractivity (Wildman–Crippen MR) is 82.4 cm³/mol. The summed E-state index contributed by atoms with van der Waals surface area (Å²) in [4.78, 5) is 0. The van der Waals surface area contributed by atoms with Gasteiger partial charge in [0, 0.05) is 13.1 Å². The third-order valence-electron chi connectivity index (χ3n) is 3.63. The number of hydrogen-bond donors (Lipinski definition) is 1. The molecule has 0 unspecified atom stereocenters. The molecule has 0 atom stereocenters. The largest absolute Gasteiger partial charge is 0.573 e. The van der Waals surface area contributed by atoms with Crippen molar-refractivity contribution in [1.29, 1.82) is 0 Å². The smallest absolute Gasteiger partial charge is 0.497 e. The first-order valence-corrected chi connectivity index (χ1v) is 7.36. The number of halogens is 3. The third-order valence-corrected chi connectivity index (χ3v) is 3.63. The lowest BCUT2D eigenvalue weighted by Crippen LogP contribution is -2.50. The predicted octanol–water partition coefficient (Wildman–Crippen LogP) is 3.61. The van der Waals surface area contributed by atoms with E-state index in [2.05, 4.69) is 10.1 Å². The molecule has 0 saturated carbocycles. The summed E-state index contributed by atoms with van der Waals surface area (Å²) < 4.78 is 52.8. The van der Waals surface area contributed by atoms with E-state index < -0.39 is 6.36 Å². The summed E-state index contributed by atoms with van der Waals surface area (Å²) in [5.74, 6) is 0.404.